The molecule has 0 saturated carbocycles. The summed E-state index contributed by atoms with van der Waals surface area (Å²) in [6, 6.07) is 18.7. The van der Waals surface area contributed by atoms with E-state index in [1.165, 1.54) is 59.8 Å². The zero-order chi connectivity index (χ0) is 25.2. The number of aromatic amines is 1. The van der Waals surface area contributed by atoms with E-state index in [0.717, 1.165) is 17.4 Å². The Labute approximate surface area is 203 Å². The fourth-order valence-corrected chi connectivity index (χ4v) is 5.26. The van der Waals surface area contributed by atoms with Gasteiger partial charge < -0.3 is 4.98 Å². The van der Waals surface area contributed by atoms with Crippen LogP contribution in [0, 0.1) is 5.82 Å². The summed E-state index contributed by atoms with van der Waals surface area (Å²) < 4.78 is 41.9. The van der Waals surface area contributed by atoms with Crippen LogP contribution in [0.1, 0.15) is 40.9 Å². The van der Waals surface area contributed by atoms with Gasteiger partial charge in [0.2, 0.25) is 10.0 Å². The average Bonchev–Trinajstić information content (AvgIpc) is 2.85. The molecular weight excluding hydrogens is 467 g/mol. The molecule has 180 valence electrons. The Morgan fingerprint density at radius 2 is 1.57 bits per heavy atom. The Morgan fingerprint density at radius 1 is 0.914 bits per heavy atom. The SMILES string of the molecule is CCc1ccc2[nH]c(=O)c(CN(Cc3ccc(F)cc3)S(=O)(=O)c3ccc(C(C)=O)cc3)cc2c1. The van der Waals surface area contributed by atoms with Crippen molar-refractivity contribution in [2.75, 3.05) is 0 Å². The van der Waals surface area contributed by atoms with Gasteiger partial charge in [-0.3, -0.25) is 9.59 Å². The summed E-state index contributed by atoms with van der Waals surface area (Å²) in [5.74, 6) is -0.605. The average molecular weight is 493 g/mol. The van der Waals surface area contributed by atoms with Gasteiger partial charge in [0, 0.05) is 29.7 Å². The molecule has 0 aliphatic heterocycles. The maximum Gasteiger partial charge on any atom is 0.252 e. The van der Waals surface area contributed by atoms with Crippen molar-refractivity contribution in [2.24, 2.45) is 0 Å². The number of fused-ring (bicyclic) bond motifs is 1. The number of carbonyl (C=O) groups excluding carboxylic acids is 1. The molecule has 4 rings (SSSR count). The van der Waals surface area contributed by atoms with Crippen LogP contribution in [-0.2, 0) is 29.5 Å². The number of halogens is 1. The van der Waals surface area contributed by atoms with Crippen molar-refractivity contribution < 1.29 is 17.6 Å². The number of hydrogen-bond acceptors (Lipinski definition) is 4. The molecule has 0 radical (unpaired) electrons. The molecule has 0 saturated heterocycles. The minimum absolute atomic E-state index is 0.00454. The van der Waals surface area contributed by atoms with Crippen LogP contribution in [-0.4, -0.2) is 23.5 Å². The van der Waals surface area contributed by atoms with E-state index in [1.807, 2.05) is 25.1 Å². The molecule has 0 aliphatic carbocycles. The van der Waals surface area contributed by atoms with Gasteiger partial charge in [-0.05, 0) is 72.3 Å². The van der Waals surface area contributed by atoms with Crippen LogP contribution in [0.15, 0.2) is 82.5 Å². The molecule has 0 amide bonds. The zero-order valence-corrected chi connectivity index (χ0v) is 20.2. The number of nitrogens with zero attached hydrogens (tertiary/aromatic N) is 1. The molecule has 0 unspecified atom stereocenters. The van der Waals surface area contributed by atoms with Gasteiger partial charge in [0.05, 0.1) is 4.90 Å². The Bertz CT molecular complexity index is 1540. The van der Waals surface area contributed by atoms with Gasteiger partial charge in [-0.1, -0.05) is 37.3 Å². The van der Waals surface area contributed by atoms with Crippen LogP contribution in [0.3, 0.4) is 0 Å². The first-order chi connectivity index (χ1) is 16.7. The number of carbonyl (C=O) groups is 1. The van der Waals surface area contributed by atoms with Gasteiger partial charge in [0.25, 0.3) is 5.56 Å². The minimum Gasteiger partial charge on any atom is -0.322 e. The molecule has 35 heavy (non-hydrogen) atoms. The van der Waals surface area contributed by atoms with Crippen molar-refractivity contribution >= 4 is 26.7 Å². The van der Waals surface area contributed by atoms with Gasteiger partial charge in [0.1, 0.15) is 5.82 Å². The first-order valence-corrected chi connectivity index (χ1v) is 12.6. The highest BCUT2D eigenvalue weighted by molar-refractivity contribution is 7.89. The van der Waals surface area contributed by atoms with E-state index in [2.05, 4.69) is 4.98 Å². The third kappa shape index (κ3) is 5.39. The number of rotatable bonds is 8. The van der Waals surface area contributed by atoms with Crippen molar-refractivity contribution in [1.82, 2.24) is 9.29 Å². The summed E-state index contributed by atoms with van der Waals surface area (Å²) in [4.78, 5) is 27.3. The van der Waals surface area contributed by atoms with E-state index in [0.29, 0.717) is 16.6 Å². The van der Waals surface area contributed by atoms with Crippen LogP contribution in [0.4, 0.5) is 4.39 Å². The van der Waals surface area contributed by atoms with Crippen molar-refractivity contribution in [1.29, 1.82) is 0 Å². The minimum atomic E-state index is -4.06. The first-order valence-electron chi connectivity index (χ1n) is 11.2. The molecule has 3 aromatic carbocycles. The third-order valence-electron chi connectivity index (χ3n) is 5.91. The zero-order valence-electron chi connectivity index (χ0n) is 19.4. The van der Waals surface area contributed by atoms with Crippen LogP contribution in [0.25, 0.3) is 10.9 Å². The molecular formula is C27H25FN2O4S. The fraction of sp³-hybridized carbons (Fsp3) is 0.185. The molecule has 0 spiro atoms. The van der Waals surface area contributed by atoms with Crippen molar-refractivity contribution in [3.05, 3.63) is 111 Å². The number of sulfonamides is 1. The molecule has 0 bridgehead atoms. The largest absolute Gasteiger partial charge is 0.322 e. The highest BCUT2D eigenvalue weighted by Crippen LogP contribution is 2.23. The molecule has 0 fully saturated rings. The number of ketones is 1. The van der Waals surface area contributed by atoms with E-state index in [9.17, 15) is 22.4 Å². The number of aryl methyl sites for hydroxylation is 1. The van der Waals surface area contributed by atoms with Gasteiger partial charge in [-0.15, -0.1) is 0 Å². The summed E-state index contributed by atoms with van der Waals surface area (Å²) >= 11 is 0. The van der Waals surface area contributed by atoms with Crippen molar-refractivity contribution in [2.45, 2.75) is 38.3 Å². The first kappa shape index (κ1) is 24.5. The monoisotopic (exact) mass is 492 g/mol. The van der Waals surface area contributed by atoms with Crippen LogP contribution in [0.2, 0.25) is 0 Å². The maximum absolute atomic E-state index is 13.6. The topological polar surface area (TPSA) is 87.3 Å². The number of benzene rings is 3. The third-order valence-corrected chi connectivity index (χ3v) is 7.72. The number of Topliss-reactive ketones (excluding diaryl/α,β-unsaturated/α-hetero) is 1. The predicted molar refractivity (Wildman–Crippen MR) is 133 cm³/mol. The van der Waals surface area contributed by atoms with Crippen LogP contribution < -0.4 is 5.56 Å². The van der Waals surface area contributed by atoms with Crippen LogP contribution >= 0.6 is 0 Å². The molecule has 6 nitrogen and oxygen atoms in total. The fourth-order valence-electron chi connectivity index (χ4n) is 3.86. The lowest BCUT2D eigenvalue weighted by molar-refractivity contribution is 0.101. The van der Waals surface area contributed by atoms with Crippen LogP contribution in [0.5, 0.6) is 0 Å². The number of aromatic nitrogens is 1. The molecule has 0 atom stereocenters. The molecule has 1 heterocycles. The van der Waals surface area contributed by atoms with E-state index >= 15 is 0 Å². The normalized spacial score (nSPS) is 11.8. The molecule has 0 aliphatic rings. The Morgan fingerprint density at radius 3 is 2.20 bits per heavy atom. The maximum atomic E-state index is 13.6. The highest BCUT2D eigenvalue weighted by atomic mass is 32.2. The lowest BCUT2D eigenvalue weighted by atomic mass is 10.1. The number of pyridine rings is 1. The van der Waals surface area contributed by atoms with Gasteiger partial charge in [-0.25, -0.2) is 12.8 Å². The second-order valence-corrected chi connectivity index (χ2v) is 10.3. The lowest BCUT2D eigenvalue weighted by Crippen LogP contribution is -2.32. The highest BCUT2D eigenvalue weighted by Gasteiger charge is 2.26. The number of H-pyrrole nitrogens is 1. The lowest BCUT2D eigenvalue weighted by Gasteiger charge is -2.22. The quantitative estimate of drug-likeness (QED) is 0.357. The van der Waals surface area contributed by atoms with Gasteiger partial charge >= 0.3 is 0 Å². The summed E-state index contributed by atoms with van der Waals surface area (Å²) in [7, 11) is -4.06. The second-order valence-electron chi connectivity index (χ2n) is 8.38. The molecule has 1 aromatic heterocycles. The van der Waals surface area contributed by atoms with Crippen molar-refractivity contribution in [3.63, 3.8) is 0 Å². The summed E-state index contributed by atoms with van der Waals surface area (Å²) in [6.45, 7) is 3.18. The Hall–Kier alpha value is -3.62. The van der Waals surface area contributed by atoms with E-state index in [1.54, 1.807) is 6.07 Å². The predicted octanol–water partition coefficient (Wildman–Crippen LogP) is 4.82. The number of hydrogen-bond donors (Lipinski definition) is 1. The second kappa shape index (κ2) is 9.93. The standard InChI is InChI=1S/C27H25FN2O4S/c1-3-19-6-13-26-22(14-19)15-23(27(32)29-26)17-30(16-20-4-9-24(28)10-5-20)35(33,34)25-11-7-21(8-12-25)18(2)31/h4-15H,3,16-17H2,1-2H3,(H,29,32). The summed E-state index contributed by atoms with van der Waals surface area (Å²) in [6.07, 6.45) is 0.825. The van der Waals surface area contributed by atoms with Gasteiger partial charge in [-0.2, -0.15) is 4.31 Å². The summed E-state index contributed by atoms with van der Waals surface area (Å²) in [5.41, 5.74) is 2.64. The van der Waals surface area contributed by atoms with E-state index in [4.69, 9.17) is 0 Å². The number of nitrogens with one attached hydrogen (secondary N) is 1. The van der Waals surface area contributed by atoms with Crippen molar-refractivity contribution in [3.8, 4) is 0 Å². The Balaban J connectivity index is 1.77. The Kier molecular flexibility index (Phi) is 6.95. The van der Waals surface area contributed by atoms with E-state index in [-0.39, 0.29) is 34.9 Å². The van der Waals surface area contributed by atoms with Gasteiger partial charge in [0.15, 0.2) is 5.78 Å². The molecule has 1 N–H and O–H groups in total. The molecule has 4 aromatic rings. The summed E-state index contributed by atoms with van der Waals surface area (Å²) in [5, 5.41) is 0.809. The molecule has 8 heteroatoms. The van der Waals surface area contributed by atoms with E-state index < -0.39 is 15.8 Å². The smallest absolute Gasteiger partial charge is 0.252 e.